The average Bonchev–Trinajstić information content (AvgIpc) is 2.83. The molecular weight excluding hydrogens is 492 g/mol. The lowest BCUT2D eigenvalue weighted by Gasteiger charge is -2.25. The molecule has 0 aliphatic carbocycles. The van der Waals surface area contributed by atoms with Gasteiger partial charge in [-0.15, -0.1) is 0 Å². The molecule has 0 aliphatic heterocycles. The molecule has 0 bridgehead atoms. The van der Waals surface area contributed by atoms with Gasteiger partial charge in [0.05, 0.1) is 23.1 Å². The van der Waals surface area contributed by atoms with Crippen LogP contribution in [-0.4, -0.2) is 37.3 Å². The summed E-state index contributed by atoms with van der Waals surface area (Å²) in [6.45, 7) is 8.95. The molecule has 3 unspecified atom stereocenters. The molecule has 6 nitrogen and oxygen atoms in total. The van der Waals surface area contributed by atoms with Crippen molar-refractivity contribution in [3.63, 3.8) is 0 Å². The molecule has 0 saturated carbocycles. The van der Waals surface area contributed by atoms with Gasteiger partial charge in [0.15, 0.2) is 0 Å². The molecule has 0 amide bonds. The molecule has 194 valence electrons. The molecule has 2 aromatic carbocycles. The van der Waals surface area contributed by atoms with E-state index in [-0.39, 0.29) is 11.8 Å². The average molecular weight is 524 g/mol. The minimum absolute atomic E-state index is 0.0671. The van der Waals surface area contributed by atoms with Crippen LogP contribution in [0.1, 0.15) is 63.3 Å². The van der Waals surface area contributed by atoms with E-state index in [9.17, 15) is 28.9 Å². The van der Waals surface area contributed by atoms with Crippen LogP contribution in [0.4, 0.5) is 4.39 Å². The van der Waals surface area contributed by atoms with Gasteiger partial charge in [-0.3, -0.25) is 9.55 Å². The summed E-state index contributed by atoms with van der Waals surface area (Å²) in [7, 11) is -3.84. The maximum atomic E-state index is 13.9. The summed E-state index contributed by atoms with van der Waals surface area (Å²) in [5.41, 5.74) is 4.63. The van der Waals surface area contributed by atoms with Gasteiger partial charge >= 0.3 is 5.97 Å². The van der Waals surface area contributed by atoms with E-state index in [1.807, 2.05) is 58.0 Å². The molecule has 8 heteroatoms. The minimum Gasteiger partial charge on any atom is -0.480 e. The van der Waals surface area contributed by atoms with Crippen LogP contribution in [0.2, 0.25) is 0 Å². The van der Waals surface area contributed by atoms with Gasteiger partial charge in [-0.25, -0.2) is 9.18 Å². The molecule has 37 heavy (non-hydrogen) atoms. The van der Waals surface area contributed by atoms with Crippen LogP contribution < -0.4 is 0 Å². The van der Waals surface area contributed by atoms with Crippen LogP contribution >= 0.6 is 8.03 Å². The van der Waals surface area contributed by atoms with E-state index in [1.54, 1.807) is 12.1 Å². The topological polar surface area (TPSA) is 108 Å². The Kier molecular flexibility index (Phi) is 8.71. The summed E-state index contributed by atoms with van der Waals surface area (Å²) in [6, 6.07) is 15.5. The molecule has 0 radical (unpaired) electrons. The molecule has 3 atom stereocenters. The lowest BCUT2D eigenvalue weighted by molar-refractivity contribution is -0.141. The number of aliphatic carboxylic acids is 1. The molecule has 3 aromatic rings. The largest absolute Gasteiger partial charge is 0.480 e. The fraction of sp³-hybridized carbons (Fsp3) is 0.310. The number of halogens is 1. The smallest absolute Gasteiger partial charge is 0.334 e. The number of aliphatic hydroxyl groups is 1. The quantitative estimate of drug-likeness (QED) is 0.266. The molecule has 3 rings (SSSR count). The van der Waals surface area contributed by atoms with E-state index in [4.69, 9.17) is 4.98 Å². The lowest BCUT2D eigenvalue weighted by Crippen LogP contribution is -2.43. The van der Waals surface area contributed by atoms with Gasteiger partial charge in [0.25, 0.3) is 0 Å². The van der Waals surface area contributed by atoms with Crippen molar-refractivity contribution in [3.05, 3.63) is 77.2 Å². The van der Waals surface area contributed by atoms with Crippen LogP contribution in [0.3, 0.4) is 0 Å². The Labute approximate surface area is 217 Å². The first kappa shape index (κ1) is 28.3. The summed E-state index contributed by atoms with van der Waals surface area (Å²) >= 11 is 0. The number of carboxylic acid groups (broad SMARTS) is 1. The van der Waals surface area contributed by atoms with Gasteiger partial charge < -0.3 is 15.1 Å². The maximum absolute atomic E-state index is 13.9. The van der Waals surface area contributed by atoms with E-state index < -0.39 is 31.1 Å². The first-order chi connectivity index (χ1) is 17.4. The number of pyridine rings is 1. The summed E-state index contributed by atoms with van der Waals surface area (Å²) < 4.78 is 26.1. The Morgan fingerprint density at radius 3 is 2.03 bits per heavy atom. The van der Waals surface area contributed by atoms with Crippen LogP contribution in [0.15, 0.2) is 54.6 Å². The first-order valence-corrected chi connectivity index (χ1v) is 13.3. The van der Waals surface area contributed by atoms with Crippen molar-refractivity contribution >= 4 is 14.0 Å². The zero-order valence-electron chi connectivity index (χ0n) is 21.4. The number of hydrogen-bond acceptors (Lipinski definition) is 4. The lowest BCUT2D eigenvalue weighted by atomic mass is 9.83. The summed E-state index contributed by atoms with van der Waals surface area (Å²) in [5, 5.41) is 17.5. The maximum Gasteiger partial charge on any atom is 0.334 e. The molecular formula is C29H31FNO5P. The zero-order chi connectivity index (χ0) is 27.5. The highest BCUT2D eigenvalue weighted by Gasteiger charge is 2.48. The third-order valence-electron chi connectivity index (χ3n) is 6.25. The van der Waals surface area contributed by atoms with Gasteiger partial charge in [-0.1, -0.05) is 82.0 Å². The molecule has 0 fully saturated rings. The van der Waals surface area contributed by atoms with Crippen molar-refractivity contribution in [1.29, 1.82) is 0 Å². The summed E-state index contributed by atoms with van der Waals surface area (Å²) in [6.07, 6.45) is -1.72. The highest BCUT2D eigenvalue weighted by atomic mass is 31.1. The molecule has 3 N–H and O–H groups in total. The number of carbonyl (C=O) groups is 1. The second kappa shape index (κ2) is 11.4. The highest BCUT2D eigenvalue weighted by molar-refractivity contribution is 7.42. The second-order valence-corrected chi connectivity index (χ2v) is 10.9. The monoisotopic (exact) mass is 523 g/mol. The summed E-state index contributed by atoms with van der Waals surface area (Å²) in [5.74, 6) is 2.98. The van der Waals surface area contributed by atoms with E-state index in [0.717, 1.165) is 23.7 Å². The Morgan fingerprint density at radius 1 is 0.973 bits per heavy atom. The van der Waals surface area contributed by atoms with E-state index in [0.29, 0.717) is 22.4 Å². The SMILES string of the molecule is CC(C)c1nc(-c2ccccc2)c(C(C)C)c(-c2ccc(F)cc2)c1C#CC(C(=O)O)(C(C)O)[PH](=O)O. The van der Waals surface area contributed by atoms with Crippen molar-refractivity contribution < 1.29 is 28.9 Å². The summed E-state index contributed by atoms with van der Waals surface area (Å²) in [4.78, 5) is 27.0. The third kappa shape index (κ3) is 5.52. The minimum atomic E-state index is -3.84. The van der Waals surface area contributed by atoms with Crippen molar-refractivity contribution in [2.24, 2.45) is 0 Å². The number of aliphatic hydroxyl groups excluding tert-OH is 1. The van der Waals surface area contributed by atoms with Crippen LogP contribution in [-0.2, 0) is 9.36 Å². The normalized spacial score (nSPS) is 14.5. The van der Waals surface area contributed by atoms with E-state index in [1.165, 1.54) is 12.1 Å². The molecule has 0 spiro atoms. The van der Waals surface area contributed by atoms with E-state index in [2.05, 4.69) is 11.8 Å². The third-order valence-corrected chi connectivity index (χ3v) is 7.68. The Hall–Kier alpha value is -3.30. The number of nitrogens with zero attached hydrogens (tertiary/aromatic N) is 1. The predicted octanol–water partition coefficient (Wildman–Crippen LogP) is 5.82. The van der Waals surface area contributed by atoms with Gasteiger partial charge in [0.1, 0.15) is 5.82 Å². The van der Waals surface area contributed by atoms with Gasteiger partial charge in [-0.05, 0) is 42.0 Å². The number of benzene rings is 2. The Morgan fingerprint density at radius 2 is 1.57 bits per heavy atom. The number of aromatic nitrogens is 1. The van der Waals surface area contributed by atoms with Crippen molar-refractivity contribution in [3.8, 4) is 34.2 Å². The van der Waals surface area contributed by atoms with E-state index >= 15 is 0 Å². The Bertz CT molecular complexity index is 1360. The van der Waals surface area contributed by atoms with Gasteiger partial charge in [-0.2, -0.15) is 0 Å². The number of hydrogen-bond donors (Lipinski definition) is 3. The highest BCUT2D eigenvalue weighted by Crippen LogP contribution is 2.42. The van der Waals surface area contributed by atoms with Gasteiger partial charge in [0.2, 0.25) is 13.2 Å². The molecule has 0 saturated heterocycles. The standard InChI is InChI=1S/C29H31FNO5P/c1-17(2)24-25(20-11-13-22(30)14-12-20)23(15-16-29(19(5)32,28(33)34)37(35)36)26(18(3)4)31-27(24)21-9-7-6-8-10-21/h6-14,17-19,32,37H,1-5H3,(H,33,34)(H,35,36). The fourth-order valence-electron chi connectivity index (χ4n) is 4.28. The number of carboxylic acids is 1. The Balaban J connectivity index is 2.55. The molecule has 1 aromatic heterocycles. The fourth-order valence-corrected chi connectivity index (χ4v) is 4.99. The number of rotatable bonds is 7. The zero-order valence-corrected chi connectivity index (χ0v) is 22.4. The van der Waals surface area contributed by atoms with Gasteiger partial charge in [0, 0.05) is 11.1 Å². The predicted molar refractivity (Wildman–Crippen MR) is 143 cm³/mol. The first-order valence-electron chi connectivity index (χ1n) is 12.0. The second-order valence-electron chi connectivity index (χ2n) is 9.54. The van der Waals surface area contributed by atoms with Crippen LogP contribution in [0, 0.1) is 17.7 Å². The van der Waals surface area contributed by atoms with Crippen molar-refractivity contribution in [2.75, 3.05) is 0 Å². The van der Waals surface area contributed by atoms with Crippen LogP contribution in [0.25, 0.3) is 22.4 Å². The molecule has 0 aliphatic rings. The van der Waals surface area contributed by atoms with Crippen molar-refractivity contribution in [1.82, 2.24) is 4.98 Å². The molecule has 1 heterocycles. The van der Waals surface area contributed by atoms with Crippen LogP contribution in [0.5, 0.6) is 0 Å². The van der Waals surface area contributed by atoms with Crippen molar-refractivity contribution in [2.45, 2.75) is 57.7 Å².